The number of ether oxygens (including phenoxy) is 1. The molecule has 5 heteroatoms. The Morgan fingerprint density at radius 3 is 2.35 bits per heavy atom. The monoisotopic (exact) mass is 329 g/mol. The summed E-state index contributed by atoms with van der Waals surface area (Å²) >= 11 is 18.1. The highest BCUT2D eigenvalue weighted by Gasteiger charge is 2.10. The predicted octanol–water partition coefficient (Wildman–Crippen LogP) is 5.66. The maximum Gasteiger partial charge on any atom is 0.142 e. The van der Waals surface area contributed by atoms with Crippen molar-refractivity contribution in [2.75, 3.05) is 11.9 Å². The molecule has 0 amide bonds. The Morgan fingerprint density at radius 2 is 1.70 bits per heavy atom. The Hall–Kier alpha value is -1.09. The highest BCUT2D eigenvalue weighted by molar-refractivity contribution is 6.35. The van der Waals surface area contributed by atoms with E-state index in [1.54, 1.807) is 6.07 Å². The van der Waals surface area contributed by atoms with Gasteiger partial charge in [-0.3, -0.25) is 0 Å². The number of hydrogen-bond donors (Lipinski definition) is 1. The zero-order chi connectivity index (χ0) is 14.5. The SMILES string of the molecule is CCOc1c(Cl)cc(Cl)cc1CNc1ccc(Cl)cc1. The van der Waals surface area contributed by atoms with Crippen molar-refractivity contribution in [2.45, 2.75) is 13.5 Å². The molecule has 1 N–H and O–H groups in total. The van der Waals surface area contributed by atoms with E-state index in [9.17, 15) is 0 Å². The maximum atomic E-state index is 6.16. The van der Waals surface area contributed by atoms with Gasteiger partial charge in [-0.2, -0.15) is 0 Å². The molecule has 0 saturated heterocycles. The molecule has 0 unspecified atom stereocenters. The van der Waals surface area contributed by atoms with E-state index in [1.165, 1.54) is 0 Å². The summed E-state index contributed by atoms with van der Waals surface area (Å²) in [7, 11) is 0. The van der Waals surface area contributed by atoms with Crippen LogP contribution in [0.1, 0.15) is 12.5 Å². The highest BCUT2D eigenvalue weighted by atomic mass is 35.5. The molecule has 0 saturated carbocycles. The molecule has 0 aliphatic rings. The molecule has 2 aromatic rings. The normalized spacial score (nSPS) is 10.4. The van der Waals surface area contributed by atoms with Gasteiger partial charge in [0.15, 0.2) is 0 Å². The lowest BCUT2D eigenvalue weighted by molar-refractivity contribution is 0.337. The second kappa shape index (κ2) is 7.07. The summed E-state index contributed by atoms with van der Waals surface area (Å²) in [4.78, 5) is 0. The zero-order valence-electron chi connectivity index (χ0n) is 10.9. The zero-order valence-corrected chi connectivity index (χ0v) is 13.2. The van der Waals surface area contributed by atoms with Crippen LogP contribution in [-0.2, 0) is 6.54 Å². The standard InChI is InChI=1S/C15H14Cl3NO/c1-2-20-15-10(7-12(17)8-14(15)18)9-19-13-5-3-11(16)4-6-13/h3-8,19H,2,9H2,1H3. The smallest absolute Gasteiger partial charge is 0.142 e. The van der Waals surface area contributed by atoms with Crippen molar-refractivity contribution in [1.82, 2.24) is 0 Å². The molecule has 0 bridgehead atoms. The van der Waals surface area contributed by atoms with Crippen molar-refractivity contribution >= 4 is 40.5 Å². The molecule has 0 radical (unpaired) electrons. The fraction of sp³-hybridized carbons (Fsp3) is 0.200. The van der Waals surface area contributed by atoms with Crippen molar-refractivity contribution in [3.63, 3.8) is 0 Å². The third-order valence-electron chi connectivity index (χ3n) is 2.70. The fourth-order valence-corrected chi connectivity index (χ4v) is 2.53. The van der Waals surface area contributed by atoms with Gasteiger partial charge in [-0.1, -0.05) is 34.8 Å². The molecule has 0 aromatic heterocycles. The number of nitrogens with one attached hydrogen (secondary N) is 1. The van der Waals surface area contributed by atoms with Gasteiger partial charge in [0.1, 0.15) is 5.75 Å². The molecule has 0 heterocycles. The molecule has 0 aliphatic heterocycles. The largest absolute Gasteiger partial charge is 0.492 e. The fourth-order valence-electron chi connectivity index (χ4n) is 1.82. The van der Waals surface area contributed by atoms with Gasteiger partial charge in [0.2, 0.25) is 0 Å². The van der Waals surface area contributed by atoms with Crippen LogP contribution in [0.2, 0.25) is 15.1 Å². The van der Waals surface area contributed by atoms with Crippen LogP contribution < -0.4 is 10.1 Å². The van der Waals surface area contributed by atoms with E-state index < -0.39 is 0 Å². The van der Waals surface area contributed by atoms with Crippen molar-refractivity contribution in [3.05, 3.63) is 57.0 Å². The first-order valence-corrected chi connectivity index (χ1v) is 7.33. The molecule has 106 valence electrons. The Labute approximate surface area is 133 Å². The van der Waals surface area contributed by atoms with Gasteiger partial charge >= 0.3 is 0 Å². The molecule has 2 nitrogen and oxygen atoms in total. The summed E-state index contributed by atoms with van der Waals surface area (Å²) in [6.45, 7) is 3.04. The number of rotatable bonds is 5. The van der Waals surface area contributed by atoms with E-state index in [-0.39, 0.29) is 0 Å². The minimum absolute atomic E-state index is 0.521. The van der Waals surface area contributed by atoms with Crippen LogP contribution in [0.3, 0.4) is 0 Å². The van der Waals surface area contributed by atoms with E-state index in [1.807, 2.05) is 37.3 Å². The Bertz CT molecular complexity index is 584. The van der Waals surface area contributed by atoms with Crippen LogP contribution in [0.5, 0.6) is 5.75 Å². The van der Waals surface area contributed by atoms with E-state index >= 15 is 0 Å². The van der Waals surface area contributed by atoms with Crippen LogP contribution in [0.25, 0.3) is 0 Å². The first-order chi connectivity index (χ1) is 9.60. The van der Waals surface area contributed by atoms with E-state index in [2.05, 4.69) is 5.32 Å². The first kappa shape index (κ1) is 15.3. The molecule has 0 aliphatic carbocycles. The topological polar surface area (TPSA) is 21.3 Å². The van der Waals surface area contributed by atoms with Crippen LogP contribution in [0.4, 0.5) is 5.69 Å². The van der Waals surface area contributed by atoms with E-state index in [0.29, 0.717) is 34.0 Å². The van der Waals surface area contributed by atoms with E-state index in [0.717, 1.165) is 11.3 Å². The van der Waals surface area contributed by atoms with Crippen molar-refractivity contribution in [3.8, 4) is 5.75 Å². The van der Waals surface area contributed by atoms with Crippen LogP contribution >= 0.6 is 34.8 Å². The predicted molar refractivity (Wildman–Crippen MR) is 86.4 cm³/mol. The minimum atomic E-state index is 0.521. The third kappa shape index (κ3) is 3.95. The Balaban J connectivity index is 2.17. The molecule has 20 heavy (non-hydrogen) atoms. The lowest BCUT2D eigenvalue weighted by Crippen LogP contribution is -2.04. The molecule has 0 fully saturated rings. The Kier molecular flexibility index (Phi) is 5.41. The lowest BCUT2D eigenvalue weighted by Gasteiger charge is -2.14. The van der Waals surface area contributed by atoms with Gasteiger partial charge in [-0.25, -0.2) is 0 Å². The van der Waals surface area contributed by atoms with Gasteiger partial charge in [0.25, 0.3) is 0 Å². The molecule has 0 spiro atoms. The number of halogens is 3. The van der Waals surface area contributed by atoms with Gasteiger partial charge in [0.05, 0.1) is 11.6 Å². The van der Waals surface area contributed by atoms with Crippen LogP contribution in [0.15, 0.2) is 36.4 Å². The van der Waals surface area contributed by atoms with Crippen LogP contribution in [-0.4, -0.2) is 6.61 Å². The minimum Gasteiger partial charge on any atom is -0.492 e. The van der Waals surface area contributed by atoms with Crippen molar-refractivity contribution in [1.29, 1.82) is 0 Å². The quantitative estimate of drug-likeness (QED) is 0.764. The molecule has 2 aromatic carbocycles. The summed E-state index contributed by atoms with van der Waals surface area (Å²) in [6.07, 6.45) is 0. The summed E-state index contributed by atoms with van der Waals surface area (Å²) in [5, 5.41) is 5.10. The van der Waals surface area contributed by atoms with Gasteiger partial charge in [-0.15, -0.1) is 0 Å². The number of benzene rings is 2. The summed E-state index contributed by atoms with van der Waals surface area (Å²) in [5.41, 5.74) is 1.88. The first-order valence-electron chi connectivity index (χ1n) is 6.20. The second-order valence-corrected chi connectivity index (χ2v) is 5.45. The average Bonchev–Trinajstić information content (AvgIpc) is 2.41. The second-order valence-electron chi connectivity index (χ2n) is 4.17. The maximum absolute atomic E-state index is 6.16. The van der Waals surface area contributed by atoms with Gasteiger partial charge < -0.3 is 10.1 Å². The summed E-state index contributed by atoms with van der Waals surface area (Å²) in [5.74, 6) is 0.667. The molecular formula is C15H14Cl3NO. The lowest BCUT2D eigenvalue weighted by atomic mass is 10.2. The average molecular weight is 331 g/mol. The highest BCUT2D eigenvalue weighted by Crippen LogP contribution is 2.33. The van der Waals surface area contributed by atoms with E-state index in [4.69, 9.17) is 39.5 Å². The summed E-state index contributed by atoms with van der Waals surface area (Å²) in [6, 6.07) is 11.0. The molecule has 2 rings (SSSR count). The van der Waals surface area contributed by atoms with Gasteiger partial charge in [0, 0.05) is 27.8 Å². The number of hydrogen-bond acceptors (Lipinski definition) is 2. The number of anilines is 1. The van der Waals surface area contributed by atoms with Crippen LogP contribution in [0, 0.1) is 0 Å². The Morgan fingerprint density at radius 1 is 1.00 bits per heavy atom. The van der Waals surface area contributed by atoms with Gasteiger partial charge in [-0.05, 0) is 43.3 Å². The van der Waals surface area contributed by atoms with Crippen molar-refractivity contribution < 1.29 is 4.74 Å². The summed E-state index contributed by atoms with van der Waals surface area (Å²) < 4.78 is 5.58. The molecule has 0 atom stereocenters. The third-order valence-corrected chi connectivity index (χ3v) is 3.45. The molecular weight excluding hydrogens is 317 g/mol. The van der Waals surface area contributed by atoms with Crippen molar-refractivity contribution in [2.24, 2.45) is 0 Å².